The van der Waals surface area contributed by atoms with E-state index < -0.39 is 0 Å². The van der Waals surface area contributed by atoms with Crippen LogP contribution in [-0.4, -0.2) is 15.0 Å². The minimum atomic E-state index is 0.600. The molecule has 8 aromatic carbocycles. The van der Waals surface area contributed by atoms with Crippen molar-refractivity contribution in [2.24, 2.45) is 0 Å². The Hall–Kier alpha value is -7.11. The zero-order valence-electron chi connectivity index (χ0n) is 27.7. The molecule has 0 bridgehead atoms. The first-order chi connectivity index (χ1) is 25.7. The minimum Gasteiger partial charge on any atom is -0.456 e. The summed E-state index contributed by atoms with van der Waals surface area (Å²) in [5, 5.41) is 8.76. The van der Waals surface area contributed by atoms with Gasteiger partial charge in [0.15, 0.2) is 17.5 Å². The number of fused-ring (bicyclic) bond motifs is 8. The van der Waals surface area contributed by atoms with E-state index in [0.29, 0.717) is 17.5 Å². The molecular formula is C47H27N3O2. The summed E-state index contributed by atoms with van der Waals surface area (Å²) in [7, 11) is 0. The van der Waals surface area contributed by atoms with Crippen LogP contribution in [0, 0.1) is 0 Å². The summed E-state index contributed by atoms with van der Waals surface area (Å²) in [5.74, 6) is 1.83. The number of nitrogens with zero attached hydrogens (tertiary/aromatic N) is 3. The molecule has 0 atom stereocenters. The van der Waals surface area contributed by atoms with Crippen molar-refractivity contribution in [2.75, 3.05) is 0 Å². The van der Waals surface area contributed by atoms with E-state index in [-0.39, 0.29) is 0 Å². The molecule has 0 spiro atoms. The van der Waals surface area contributed by atoms with Gasteiger partial charge in [0.25, 0.3) is 0 Å². The maximum Gasteiger partial charge on any atom is 0.164 e. The van der Waals surface area contributed by atoms with Crippen LogP contribution in [-0.2, 0) is 0 Å². The van der Waals surface area contributed by atoms with Crippen molar-refractivity contribution >= 4 is 65.4 Å². The topological polar surface area (TPSA) is 65.0 Å². The van der Waals surface area contributed by atoms with Crippen LogP contribution in [0.15, 0.2) is 173 Å². The van der Waals surface area contributed by atoms with Crippen LogP contribution in [0.5, 0.6) is 0 Å². The Labute approximate surface area is 297 Å². The van der Waals surface area contributed by atoms with Gasteiger partial charge in [-0.15, -0.1) is 0 Å². The predicted molar refractivity (Wildman–Crippen MR) is 211 cm³/mol. The molecular weight excluding hydrogens is 639 g/mol. The molecule has 0 aliphatic heterocycles. The summed E-state index contributed by atoms with van der Waals surface area (Å²) >= 11 is 0. The van der Waals surface area contributed by atoms with Crippen molar-refractivity contribution in [3.05, 3.63) is 164 Å². The molecule has 0 saturated heterocycles. The Kier molecular flexibility index (Phi) is 6.18. The summed E-state index contributed by atoms with van der Waals surface area (Å²) in [6, 6.07) is 56.4. The van der Waals surface area contributed by atoms with E-state index in [1.165, 1.54) is 5.39 Å². The predicted octanol–water partition coefficient (Wildman–Crippen LogP) is 12.6. The van der Waals surface area contributed by atoms with E-state index in [4.69, 9.17) is 23.8 Å². The summed E-state index contributed by atoms with van der Waals surface area (Å²) in [5.41, 5.74) is 8.44. The number of aromatic nitrogens is 3. The molecule has 0 radical (unpaired) electrons. The number of hydrogen-bond acceptors (Lipinski definition) is 5. The average molecular weight is 666 g/mol. The van der Waals surface area contributed by atoms with Gasteiger partial charge in [-0.3, -0.25) is 0 Å². The lowest BCUT2D eigenvalue weighted by molar-refractivity contribution is 0.668. The SMILES string of the molecule is c1ccc2cc(-c3nc(-c4ccc5oc6ccccc6c5c4)nc(-c4cccc5c(-c6cccc7oc8ccccc8c67)cccc45)n3)ccc2c1. The largest absolute Gasteiger partial charge is 0.456 e. The minimum absolute atomic E-state index is 0.600. The fourth-order valence-electron chi connectivity index (χ4n) is 7.69. The Morgan fingerprint density at radius 2 is 0.846 bits per heavy atom. The van der Waals surface area contributed by atoms with Gasteiger partial charge in [-0.1, -0.05) is 121 Å². The quantitative estimate of drug-likeness (QED) is 0.187. The zero-order chi connectivity index (χ0) is 34.2. The van der Waals surface area contributed by atoms with Crippen molar-refractivity contribution in [1.29, 1.82) is 0 Å². The molecule has 242 valence electrons. The standard InChI is InChI=1S/C47H27N3O2/c1-2-11-29-26-30(23-22-28(29)10-1)45-48-46(31-24-25-42-39(27-31)35-12-3-5-19-40(35)51-42)50-47(49-45)37-18-8-14-32-33(15-7-16-34(32)37)36-17-9-21-43-44(36)38-13-4-6-20-41(38)52-43/h1-27H. The van der Waals surface area contributed by atoms with Gasteiger partial charge in [-0.2, -0.15) is 0 Å². The van der Waals surface area contributed by atoms with Crippen LogP contribution in [0.4, 0.5) is 0 Å². The third-order valence-corrected chi connectivity index (χ3v) is 10.1. The molecule has 5 heteroatoms. The monoisotopic (exact) mass is 665 g/mol. The zero-order valence-corrected chi connectivity index (χ0v) is 27.7. The van der Waals surface area contributed by atoms with E-state index in [2.05, 4.69) is 115 Å². The second-order valence-corrected chi connectivity index (χ2v) is 13.2. The molecule has 0 saturated carbocycles. The fraction of sp³-hybridized carbons (Fsp3) is 0. The molecule has 11 aromatic rings. The van der Waals surface area contributed by atoms with Gasteiger partial charge in [0.05, 0.1) is 0 Å². The first-order valence-electron chi connectivity index (χ1n) is 17.3. The van der Waals surface area contributed by atoms with Crippen molar-refractivity contribution in [1.82, 2.24) is 15.0 Å². The van der Waals surface area contributed by atoms with Crippen molar-refractivity contribution in [3.63, 3.8) is 0 Å². The van der Waals surface area contributed by atoms with Crippen LogP contribution in [0.25, 0.3) is 111 Å². The van der Waals surface area contributed by atoms with Crippen LogP contribution in [0.3, 0.4) is 0 Å². The Morgan fingerprint density at radius 1 is 0.308 bits per heavy atom. The molecule has 0 aliphatic rings. The first-order valence-corrected chi connectivity index (χ1v) is 17.3. The smallest absolute Gasteiger partial charge is 0.164 e. The van der Waals surface area contributed by atoms with Gasteiger partial charge >= 0.3 is 0 Å². The van der Waals surface area contributed by atoms with Crippen LogP contribution < -0.4 is 0 Å². The molecule has 0 aliphatic carbocycles. The van der Waals surface area contributed by atoms with Crippen LogP contribution in [0.1, 0.15) is 0 Å². The second-order valence-electron chi connectivity index (χ2n) is 13.2. The lowest BCUT2D eigenvalue weighted by Crippen LogP contribution is -2.00. The molecule has 0 fully saturated rings. The average Bonchev–Trinajstić information content (AvgIpc) is 3.78. The number of hydrogen-bond donors (Lipinski definition) is 0. The molecule has 3 heterocycles. The third-order valence-electron chi connectivity index (χ3n) is 10.1. The van der Waals surface area contributed by atoms with E-state index >= 15 is 0 Å². The van der Waals surface area contributed by atoms with E-state index in [1.807, 2.05) is 48.5 Å². The lowest BCUT2D eigenvalue weighted by atomic mass is 9.93. The second kappa shape index (κ2) is 11.2. The van der Waals surface area contributed by atoms with Crippen LogP contribution >= 0.6 is 0 Å². The van der Waals surface area contributed by atoms with Gasteiger partial charge in [-0.25, -0.2) is 15.0 Å². The highest BCUT2D eigenvalue weighted by Crippen LogP contribution is 2.41. The molecule has 0 unspecified atom stereocenters. The van der Waals surface area contributed by atoms with Crippen molar-refractivity contribution in [2.45, 2.75) is 0 Å². The molecule has 11 rings (SSSR count). The number of benzene rings is 8. The summed E-state index contributed by atoms with van der Waals surface area (Å²) in [6.45, 7) is 0. The summed E-state index contributed by atoms with van der Waals surface area (Å²) < 4.78 is 12.4. The number of para-hydroxylation sites is 2. The van der Waals surface area contributed by atoms with Gasteiger partial charge < -0.3 is 8.83 Å². The maximum atomic E-state index is 6.27. The van der Waals surface area contributed by atoms with Crippen molar-refractivity contribution < 1.29 is 8.83 Å². The Bertz CT molecular complexity index is 3210. The number of rotatable bonds is 4. The van der Waals surface area contributed by atoms with E-state index in [9.17, 15) is 0 Å². The normalized spacial score (nSPS) is 11.8. The molecule has 5 nitrogen and oxygen atoms in total. The van der Waals surface area contributed by atoms with E-state index in [0.717, 1.165) is 87.9 Å². The molecule has 52 heavy (non-hydrogen) atoms. The maximum absolute atomic E-state index is 6.27. The van der Waals surface area contributed by atoms with Crippen LogP contribution in [0.2, 0.25) is 0 Å². The van der Waals surface area contributed by atoms with E-state index in [1.54, 1.807) is 0 Å². The third kappa shape index (κ3) is 4.46. The van der Waals surface area contributed by atoms with Gasteiger partial charge in [-0.05, 0) is 75.1 Å². The first kappa shape index (κ1) is 28.7. The molecule has 0 N–H and O–H groups in total. The van der Waals surface area contributed by atoms with Gasteiger partial charge in [0.1, 0.15) is 22.3 Å². The summed E-state index contributed by atoms with van der Waals surface area (Å²) in [6.07, 6.45) is 0. The fourth-order valence-corrected chi connectivity index (χ4v) is 7.69. The molecule has 0 amide bonds. The summed E-state index contributed by atoms with van der Waals surface area (Å²) in [4.78, 5) is 15.5. The van der Waals surface area contributed by atoms with Gasteiger partial charge in [0.2, 0.25) is 0 Å². The highest BCUT2D eigenvalue weighted by molar-refractivity contribution is 6.16. The Balaban J connectivity index is 1.14. The highest BCUT2D eigenvalue weighted by atomic mass is 16.3. The van der Waals surface area contributed by atoms with Crippen molar-refractivity contribution in [3.8, 4) is 45.3 Å². The highest BCUT2D eigenvalue weighted by Gasteiger charge is 2.19. The number of furan rings is 2. The lowest BCUT2D eigenvalue weighted by Gasteiger charge is -2.13. The van der Waals surface area contributed by atoms with Gasteiger partial charge in [0, 0.05) is 38.2 Å². The Morgan fingerprint density at radius 3 is 1.69 bits per heavy atom. The molecule has 3 aromatic heterocycles.